The summed E-state index contributed by atoms with van der Waals surface area (Å²) < 4.78 is 5.81. The number of carboxylic acid groups (broad SMARTS) is 1. The van der Waals surface area contributed by atoms with Gasteiger partial charge in [0.2, 0.25) is 17.7 Å². The second-order valence-electron chi connectivity index (χ2n) is 16.1. The van der Waals surface area contributed by atoms with Crippen LogP contribution in [0.25, 0.3) is 11.1 Å². The molecule has 2 aliphatic heterocycles. The van der Waals surface area contributed by atoms with Crippen molar-refractivity contribution in [2.24, 2.45) is 5.92 Å². The average molecular weight is 891 g/mol. The Morgan fingerprint density at radius 3 is 1.82 bits per heavy atom. The van der Waals surface area contributed by atoms with E-state index in [1.165, 1.54) is 11.3 Å². The quantitative estimate of drug-likeness (QED) is 0.0940. The van der Waals surface area contributed by atoms with E-state index in [-0.39, 0.29) is 38.5 Å². The summed E-state index contributed by atoms with van der Waals surface area (Å²) in [4.78, 5) is 84.6. The molecule has 8 rings (SSSR count). The number of hydrogen-bond acceptors (Lipinski definition) is 8. The second kappa shape index (κ2) is 22.3. The fourth-order valence-electron chi connectivity index (χ4n) is 7.76. The molecule has 0 fully saturated rings. The van der Waals surface area contributed by atoms with Crippen molar-refractivity contribution in [3.8, 4) is 16.9 Å². The molecule has 4 amide bonds. The Labute approximate surface area is 381 Å². The highest BCUT2D eigenvalue weighted by atomic mass is 32.1. The Morgan fingerprint density at radius 1 is 0.615 bits per heavy atom. The number of carbonyl (C=O) groups excluding carboxylic acids is 5. The molecule has 0 aliphatic carbocycles. The summed E-state index contributed by atoms with van der Waals surface area (Å²) >= 11 is 1.43. The van der Waals surface area contributed by atoms with Crippen molar-refractivity contribution in [1.29, 1.82) is 0 Å². The maximum atomic E-state index is 14.7. The van der Waals surface area contributed by atoms with Gasteiger partial charge in [0.25, 0.3) is 5.91 Å². The van der Waals surface area contributed by atoms with Crippen LogP contribution in [-0.4, -0.2) is 71.3 Å². The van der Waals surface area contributed by atoms with Gasteiger partial charge in [0.05, 0.1) is 6.04 Å². The minimum absolute atomic E-state index is 0.0190. The molecule has 2 bridgehead atoms. The fourth-order valence-corrected chi connectivity index (χ4v) is 8.51. The lowest BCUT2D eigenvalue weighted by Gasteiger charge is -2.26. The summed E-state index contributed by atoms with van der Waals surface area (Å²) in [7, 11) is 0. The molecule has 5 atom stereocenters. The smallest absolute Gasteiger partial charge is 0.326 e. The predicted octanol–water partition coefficient (Wildman–Crippen LogP) is 5.92. The number of carbonyl (C=O) groups is 6. The molecule has 332 valence electrons. The Kier molecular flexibility index (Phi) is 15.7. The highest BCUT2D eigenvalue weighted by Gasteiger charge is 2.34. The molecule has 2 aliphatic rings. The summed E-state index contributed by atoms with van der Waals surface area (Å²) in [6.07, 6.45) is -0.0233. The molecule has 5 aromatic carbocycles. The van der Waals surface area contributed by atoms with Crippen LogP contribution < -0.4 is 26.0 Å². The van der Waals surface area contributed by atoms with Crippen LogP contribution in [-0.2, 0) is 60.9 Å². The first-order valence-corrected chi connectivity index (χ1v) is 22.4. The predicted molar refractivity (Wildman–Crippen MR) is 248 cm³/mol. The first-order valence-electron chi connectivity index (χ1n) is 21.5. The van der Waals surface area contributed by atoms with E-state index in [2.05, 4.69) is 21.3 Å². The lowest BCUT2D eigenvalue weighted by molar-refractivity contribution is -0.142. The Morgan fingerprint density at radius 2 is 1.18 bits per heavy atom. The van der Waals surface area contributed by atoms with E-state index in [0.29, 0.717) is 16.9 Å². The van der Waals surface area contributed by atoms with Crippen molar-refractivity contribution in [1.82, 2.24) is 21.3 Å². The van der Waals surface area contributed by atoms with Crippen LogP contribution >= 0.6 is 11.3 Å². The summed E-state index contributed by atoms with van der Waals surface area (Å²) in [5.74, 6) is -4.85. The standard InChI is InChI=1S/C52H50N4O8S/c57-47-31-40(49(59)56-46(52(62)63)30-35-13-6-2-7-14-35)27-36-20-24-41(25-21-36)64-33-48(58)53-45(32-42-17-10-26-65-42)51(61)55-44(50(60)54-43(47)28-34-11-4-1-5-12-34)29-37-18-22-39(23-19-37)38-15-8-3-9-16-38/h1-26,40,43-46H,27-33H2,(H,53,58)(H,54,60)(H,55,61)(H,56,59)(H,62,63)/t40-,43+,44+,45+,46-/m1/s1. The monoisotopic (exact) mass is 890 g/mol. The van der Waals surface area contributed by atoms with Crippen LogP contribution in [0.5, 0.6) is 5.75 Å². The van der Waals surface area contributed by atoms with E-state index < -0.39 is 72.1 Å². The van der Waals surface area contributed by atoms with Crippen LogP contribution in [0.4, 0.5) is 0 Å². The molecule has 65 heavy (non-hydrogen) atoms. The summed E-state index contributed by atoms with van der Waals surface area (Å²) in [6, 6.07) is 41.1. The maximum absolute atomic E-state index is 14.7. The van der Waals surface area contributed by atoms with Crippen molar-refractivity contribution in [3.05, 3.63) is 184 Å². The molecule has 5 N–H and O–H groups in total. The maximum Gasteiger partial charge on any atom is 0.326 e. The first-order chi connectivity index (χ1) is 31.6. The number of amides is 4. The lowest BCUT2D eigenvalue weighted by atomic mass is 9.89. The summed E-state index contributed by atoms with van der Waals surface area (Å²) in [5, 5.41) is 23.4. The SMILES string of the molecule is O=C1COc2ccc(cc2)C[C@@H](C(=O)N[C@H](Cc2ccccc2)C(=O)O)CC(=O)[C@H](Cc2ccccc2)NC(=O)[C@H](Cc2ccc(-c3ccccc3)cc2)NC(=O)[C@H](Cc2cccs2)N1. The summed E-state index contributed by atoms with van der Waals surface area (Å²) in [5.41, 5.74) is 4.79. The average Bonchev–Trinajstić information content (AvgIpc) is 3.84. The molecule has 3 heterocycles. The van der Waals surface area contributed by atoms with Gasteiger partial charge in [0, 0.05) is 36.5 Å². The molecule has 0 spiro atoms. The van der Waals surface area contributed by atoms with Crippen LogP contribution in [0.15, 0.2) is 157 Å². The van der Waals surface area contributed by atoms with Gasteiger partial charge in [0.1, 0.15) is 23.9 Å². The lowest BCUT2D eigenvalue weighted by Crippen LogP contribution is -2.57. The van der Waals surface area contributed by atoms with Crippen molar-refractivity contribution < 1.29 is 38.6 Å². The number of Topliss-reactive ketones (excluding diaryl/α,β-unsaturated/α-hetero) is 1. The Bertz CT molecular complexity index is 2540. The van der Waals surface area contributed by atoms with Crippen molar-refractivity contribution >= 4 is 46.7 Å². The van der Waals surface area contributed by atoms with E-state index in [1.807, 2.05) is 109 Å². The number of thiophene rings is 1. The van der Waals surface area contributed by atoms with Gasteiger partial charge in [-0.15, -0.1) is 11.3 Å². The molecule has 1 aromatic heterocycles. The van der Waals surface area contributed by atoms with E-state index in [1.54, 1.807) is 48.5 Å². The molecule has 12 nitrogen and oxygen atoms in total. The van der Waals surface area contributed by atoms with Gasteiger partial charge in [-0.1, -0.05) is 133 Å². The van der Waals surface area contributed by atoms with Crippen LogP contribution in [0.2, 0.25) is 0 Å². The third-order valence-electron chi connectivity index (χ3n) is 11.2. The number of ketones is 1. The molecule has 6 aromatic rings. The fraction of sp³-hybridized carbons (Fsp3) is 0.231. The number of carboxylic acids is 1. The summed E-state index contributed by atoms with van der Waals surface area (Å²) in [6.45, 7) is -0.413. The third-order valence-corrected chi connectivity index (χ3v) is 12.1. The molecule has 0 radical (unpaired) electrons. The van der Waals surface area contributed by atoms with Crippen LogP contribution in [0.1, 0.15) is 33.6 Å². The van der Waals surface area contributed by atoms with Crippen molar-refractivity contribution in [2.45, 2.75) is 62.7 Å². The van der Waals surface area contributed by atoms with E-state index in [0.717, 1.165) is 27.1 Å². The highest BCUT2D eigenvalue weighted by Crippen LogP contribution is 2.22. The molecular formula is C52H50N4O8S. The van der Waals surface area contributed by atoms with Crippen molar-refractivity contribution in [3.63, 3.8) is 0 Å². The molecule has 0 unspecified atom stereocenters. The number of hydrogen-bond donors (Lipinski definition) is 5. The van der Waals surface area contributed by atoms with Crippen molar-refractivity contribution in [2.75, 3.05) is 6.61 Å². The largest absolute Gasteiger partial charge is 0.484 e. The zero-order valence-electron chi connectivity index (χ0n) is 35.6. The number of aliphatic carboxylic acids is 1. The van der Waals surface area contributed by atoms with E-state index in [4.69, 9.17) is 4.74 Å². The van der Waals surface area contributed by atoms with Gasteiger partial charge in [0.15, 0.2) is 12.4 Å². The second-order valence-corrected chi connectivity index (χ2v) is 17.1. The minimum atomic E-state index is -1.28. The highest BCUT2D eigenvalue weighted by molar-refractivity contribution is 7.09. The van der Waals surface area contributed by atoms with Gasteiger partial charge in [-0.3, -0.25) is 24.0 Å². The minimum Gasteiger partial charge on any atom is -0.484 e. The molecule has 0 saturated heterocycles. The topological polar surface area (TPSA) is 180 Å². The number of fused-ring (bicyclic) bond motifs is 16. The Balaban J connectivity index is 1.22. The number of rotatable bonds is 12. The zero-order chi connectivity index (χ0) is 45.5. The molecule has 13 heteroatoms. The zero-order valence-corrected chi connectivity index (χ0v) is 36.4. The normalized spacial score (nSPS) is 19.0. The number of benzene rings is 5. The van der Waals surface area contributed by atoms with Crippen LogP contribution in [0.3, 0.4) is 0 Å². The van der Waals surface area contributed by atoms with Gasteiger partial charge in [-0.05, 0) is 69.8 Å². The van der Waals surface area contributed by atoms with Gasteiger partial charge < -0.3 is 31.1 Å². The van der Waals surface area contributed by atoms with Gasteiger partial charge >= 0.3 is 5.97 Å². The number of nitrogens with one attached hydrogen (secondary N) is 4. The first kappa shape index (κ1) is 45.6. The Hall–Kier alpha value is -7.38. The van der Waals surface area contributed by atoms with Crippen LogP contribution in [0, 0.1) is 5.92 Å². The van der Waals surface area contributed by atoms with Gasteiger partial charge in [-0.25, -0.2) is 4.79 Å². The third kappa shape index (κ3) is 13.3. The van der Waals surface area contributed by atoms with E-state index >= 15 is 0 Å². The molecule has 0 saturated carbocycles. The van der Waals surface area contributed by atoms with Gasteiger partial charge in [-0.2, -0.15) is 0 Å². The molecular weight excluding hydrogens is 841 g/mol. The van der Waals surface area contributed by atoms with E-state index in [9.17, 15) is 33.9 Å². The number of ether oxygens (including phenoxy) is 1.